The van der Waals surface area contributed by atoms with Gasteiger partial charge in [0.1, 0.15) is 0 Å². The van der Waals surface area contributed by atoms with Crippen LogP contribution in [0.15, 0.2) is 42.5 Å². The zero-order chi connectivity index (χ0) is 6.10. The maximum atomic E-state index is 2.12. The van der Waals surface area contributed by atoms with Crippen LogP contribution in [0.2, 0.25) is 0 Å². The van der Waals surface area contributed by atoms with Gasteiger partial charge in [-0.2, -0.15) is 17.5 Å². The molecule has 0 aliphatic heterocycles. The molecule has 0 saturated heterocycles. The van der Waals surface area contributed by atoms with E-state index in [2.05, 4.69) is 42.5 Å². The van der Waals surface area contributed by atoms with E-state index in [1.165, 1.54) is 10.8 Å². The number of fused-ring (bicyclic) bond motifs is 1. The Labute approximate surface area is 101 Å². The van der Waals surface area contributed by atoms with Gasteiger partial charge >= 0.3 is 26.2 Å². The van der Waals surface area contributed by atoms with Crippen molar-refractivity contribution < 1.29 is 26.2 Å². The largest absolute Gasteiger partial charge is 4.00 e. The molecule has 0 nitrogen and oxygen atoms in total. The van der Waals surface area contributed by atoms with Crippen molar-refractivity contribution in [2.24, 2.45) is 0 Å². The minimum atomic E-state index is 0. The first-order valence-corrected chi connectivity index (χ1v) is 3.07. The molecule has 0 aliphatic rings. The van der Waals surface area contributed by atoms with E-state index in [0.29, 0.717) is 0 Å². The van der Waals surface area contributed by atoms with Crippen LogP contribution in [0, 0.1) is 22.3 Å². The zero-order valence-electron chi connectivity index (χ0n) is 8.54. The summed E-state index contributed by atoms with van der Waals surface area (Å²) in [6.07, 6.45) is 0. The normalized spacial score (nSPS) is 7.08. The summed E-state index contributed by atoms with van der Waals surface area (Å²) in [5.74, 6) is 0. The minimum absolute atomic E-state index is 0. The first kappa shape index (κ1) is 18.5. The van der Waals surface area contributed by atoms with E-state index in [1.54, 1.807) is 0 Å². The fourth-order valence-electron chi connectivity index (χ4n) is 1.07. The SMILES string of the molecule is [CH3-].[CH3-].[CH3-].[Zr+4].c1ccc2[cH-]ccc2c1. The molecule has 0 spiro atoms. The molecule has 0 fully saturated rings. The van der Waals surface area contributed by atoms with Crippen LogP contribution in [0.4, 0.5) is 0 Å². The Morgan fingerprint density at radius 2 is 1.46 bits per heavy atom. The average Bonchev–Trinajstić information content (AvgIpc) is 2.33. The zero-order valence-corrected chi connectivity index (χ0v) is 11.0. The molecule has 0 unspecified atom stereocenters. The summed E-state index contributed by atoms with van der Waals surface area (Å²) in [6.45, 7) is 0. The van der Waals surface area contributed by atoms with Crippen molar-refractivity contribution in [2.45, 2.75) is 0 Å². The van der Waals surface area contributed by atoms with Crippen LogP contribution < -0.4 is 0 Å². The first-order chi connectivity index (χ1) is 4.47. The molecule has 0 aliphatic carbocycles. The molecular formula is C12H16Zr. The average molecular weight is 251 g/mol. The molecule has 0 bridgehead atoms. The van der Waals surface area contributed by atoms with Gasteiger partial charge in [-0.1, -0.05) is 6.07 Å². The Morgan fingerprint density at radius 3 is 2.08 bits per heavy atom. The second kappa shape index (κ2) is 8.32. The van der Waals surface area contributed by atoms with E-state index in [-0.39, 0.29) is 48.5 Å². The van der Waals surface area contributed by atoms with Gasteiger partial charge in [-0.3, -0.25) is 0 Å². The van der Waals surface area contributed by atoms with Crippen molar-refractivity contribution in [1.29, 1.82) is 0 Å². The predicted octanol–water partition coefficient (Wildman–Crippen LogP) is 3.91. The maximum Gasteiger partial charge on any atom is 4.00 e. The van der Waals surface area contributed by atoms with E-state index in [0.717, 1.165) is 0 Å². The molecule has 0 N–H and O–H groups in total. The molecular weight excluding hydrogens is 235 g/mol. The standard InChI is InChI=1S/C9H7.3CH3.Zr/c1-2-5-9-7-3-6-8(9)4-1;;;;/h1-7H;3*1H3;/q4*-1;+4. The molecule has 1 heteroatoms. The van der Waals surface area contributed by atoms with Crippen molar-refractivity contribution >= 4 is 10.8 Å². The van der Waals surface area contributed by atoms with E-state index in [9.17, 15) is 0 Å². The number of rotatable bonds is 0. The Bertz CT molecular complexity index is 279. The fourth-order valence-corrected chi connectivity index (χ4v) is 1.07. The van der Waals surface area contributed by atoms with Gasteiger partial charge in [0.15, 0.2) is 0 Å². The van der Waals surface area contributed by atoms with Crippen molar-refractivity contribution in [3.05, 3.63) is 64.7 Å². The summed E-state index contributed by atoms with van der Waals surface area (Å²) >= 11 is 0. The van der Waals surface area contributed by atoms with Gasteiger partial charge in [0.25, 0.3) is 0 Å². The van der Waals surface area contributed by atoms with Crippen LogP contribution in [0.5, 0.6) is 0 Å². The molecule has 0 atom stereocenters. The minimum Gasteiger partial charge on any atom is -0.358 e. The first-order valence-electron chi connectivity index (χ1n) is 3.07. The monoisotopic (exact) mass is 250 g/mol. The second-order valence-corrected chi connectivity index (χ2v) is 2.15. The molecule has 0 amide bonds. The Hall–Kier alpha value is -0.287. The molecule has 2 aromatic rings. The van der Waals surface area contributed by atoms with Gasteiger partial charge in [0.05, 0.1) is 0 Å². The third kappa shape index (κ3) is 3.96. The van der Waals surface area contributed by atoms with E-state index in [4.69, 9.17) is 0 Å². The molecule has 2 rings (SSSR count). The van der Waals surface area contributed by atoms with Crippen molar-refractivity contribution in [3.8, 4) is 0 Å². The van der Waals surface area contributed by atoms with Crippen molar-refractivity contribution in [3.63, 3.8) is 0 Å². The Balaban J connectivity index is -0.000000250. The smallest absolute Gasteiger partial charge is 0.358 e. The number of hydrogen-bond acceptors (Lipinski definition) is 0. The van der Waals surface area contributed by atoms with E-state index in [1.807, 2.05) is 0 Å². The second-order valence-electron chi connectivity index (χ2n) is 2.15. The maximum absolute atomic E-state index is 2.12. The van der Waals surface area contributed by atoms with E-state index >= 15 is 0 Å². The van der Waals surface area contributed by atoms with Gasteiger partial charge in [-0.25, -0.2) is 0 Å². The van der Waals surface area contributed by atoms with Crippen LogP contribution in [0.25, 0.3) is 10.8 Å². The van der Waals surface area contributed by atoms with E-state index < -0.39 is 0 Å². The number of hydrogen-bond donors (Lipinski definition) is 0. The summed E-state index contributed by atoms with van der Waals surface area (Å²) in [4.78, 5) is 0. The molecule has 13 heavy (non-hydrogen) atoms. The molecule has 0 aromatic heterocycles. The summed E-state index contributed by atoms with van der Waals surface area (Å²) < 4.78 is 0. The summed E-state index contributed by atoms with van der Waals surface area (Å²) in [6, 6.07) is 14.7. The molecule has 2 aromatic carbocycles. The van der Waals surface area contributed by atoms with Crippen LogP contribution >= 0.6 is 0 Å². The summed E-state index contributed by atoms with van der Waals surface area (Å²) in [5, 5.41) is 2.66. The van der Waals surface area contributed by atoms with Gasteiger partial charge < -0.3 is 22.3 Å². The summed E-state index contributed by atoms with van der Waals surface area (Å²) in [7, 11) is 0. The van der Waals surface area contributed by atoms with Crippen LogP contribution in [0.3, 0.4) is 0 Å². The van der Waals surface area contributed by atoms with Gasteiger partial charge in [0.2, 0.25) is 0 Å². The van der Waals surface area contributed by atoms with Gasteiger partial charge in [-0.15, -0.1) is 29.7 Å². The van der Waals surface area contributed by atoms with Crippen LogP contribution in [-0.2, 0) is 26.2 Å². The quantitative estimate of drug-likeness (QED) is 0.623. The molecule has 0 saturated carbocycles. The predicted molar refractivity (Wildman–Crippen MR) is 58.8 cm³/mol. The Morgan fingerprint density at radius 1 is 0.846 bits per heavy atom. The van der Waals surface area contributed by atoms with Crippen molar-refractivity contribution in [1.82, 2.24) is 0 Å². The van der Waals surface area contributed by atoms with Crippen LogP contribution in [0.1, 0.15) is 0 Å². The van der Waals surface area contributed by atoms with Crippen LogP contribution in [-0.4, -0.2) is 0 Å². The molecule has 68 valence electrons. The fraction of sp³-hybridized carbons (Fsp3) is 0. The Kier molecular flexibility index (Phi) is 11.8. The molecule has 0 radical (unpaired) electrons. The van der Waals surface area contributed by atoms with Crippen molar-refractivity contribution in [2.75, 3.05) is 0 Å². The van der Waals surface area contributed by atoms with Gasteiger partial charge in [-0.05, 0) is 0 Å². The number of benzene rings is 1. The summed E-state index contributed by atoms with van der Waals surface area (Å²) in [5.41, 5.74) is 0. The molecule has 0 heterocycles. The third-order valence-corrected chi connectivity index (χ3v) is 1.55. The van der Waals surface area contributed by atoms with Gasteiger partial charge in [0, 0.05) is 0 Å². The third-order valence-electron chi connectivity index (χ3n) is 1.55. The topological polar surface area (TPSA) is 0 Å².